The smallest absolute Gasteiger partial charge is 0.257 e. The second-order valence-corrected chi connectivity index (χ2v) is 6.36. The third-order valence-corrected chi connectivity index (χ3v) is 4.45. The predicted molar refractivity (Wildman–Crippen MR) is 105 cm³/mol. The van der Waals surface area contributed by atoms with E-state index in [1.54, 1.807) is 0 Å². The highest BCUT2D eigenvalue weighted by Gasteiger charge is 2.15. The molecular weight excluding hydrogens is 322 g/mol. The van der Waals surface area contributed by atoms with Crippen LogP contribution < -0.4 is 5.56 Å². The molecule has 26 heavy (non-hydrogen) atoms. The number of hydrogen-bond acceptors (Lipinski definition) is 2. The Hall–Kier alpha value is -3.40. The van der Waals surface area contributed by atoms with Gasteiger partial charge in [-0.15, -0.1) is 0 Å². The largest absolute Gasteiger partial charge is 0.326 e. The van der Waals surface area contributed by atoms with Gasteiger partial charge in [-0.2, -0.15) is 5.10 Å². The molecule has 2 heterocycles. The lowest BCUT2D eigenvalue weighted by Crippen LogP contribution is -2.10. The minimum Gasteiger partial charge on any atom is -0.326 e. The van der Waals surface area contributed by atoms with E-state index in [0.29, 0.717) is 11.3 Å². The van der Waals surface area contributed by atoms with Crippen molar-refractivity contribution in [3.63, 3.8) is 0 Å². The molecule has 0 aliphatic carbocycles. The maximum Gasteiger partial charge on any atom is 0.257 e. The van der Waals surface area contributed by atoms with Gasteiger partial charge in [-0.25, -0.2) is 4.68 Å². The Bertz CT molecular complexity index is 1120. The topological polar surface area (TPSA) is 50.7 Å². The molecule has 0 aliphatic heterocycles. The van der Waals surface area contributed by atoms with E-state index in [-0.39, 0.29) is 5.56 Å². The molecule has 0 saturated heterocycles. The van der Waals surface area contributed by atoms with E-state index >= 15 is 0 Å². The highest BCUT2D eigenvalue weighted by atomic mass is 16.1. The van der Waals surface area contributed by atoms with Gasteiger partial charge in [0.15, 0.2) is 0 Å². The molecule has 0 unspecified atom stereocenters. The van der Waals surface area contributed by atoms with Crippen LogP contribution in [0.2, 0.25) is 0 Å². The maximum absolute atomic E-state index is 12.4. The van der Waals surface area contributed by atoms with Crippen molar-refractivity contribution in [2.75, 3.05) is 0 Å². The Morgan fingerprint density at radius 3 is 2.35 bits per heavy atom. The van der Waals surface area contributed by atoms with Crippen LogP contribution in [0.3, 0.4) is 0 Å². The van der Waals surface area contributed by atoms with Gasteiger partial charge in [0, 0.05) is 11.3 Å². The van der Waals surface area contributed by atoms with Crippen LogP contribution in [0.4, 0.5) is 0 Å². The Labute approximate surface area is 151 Å². The maximum atomic E-state index is 12.4. The summed E-state index contributed by atoms with van der Waals surface area (Å²) in [5.74, 6) is 0. The summed E-state index contributed by atoms with van der Waals surface area (Å²) in [4.78, 5) is 15.2. The molecule has 4 rings (SSSR count). The van der Waals surface area contributed by atoms with Gasteiger partial charge in [0.2, 0.25) is 0 Å². The molecule has 0 spiro atoms. The van der Waals surface area contributed by atoms with Crippen LogP contribution in [0.25, 0.3) is 28.2 Å². The van der Waals surface area contributed by atoms with E-state index in [9.17, 15) is 4.79 Å². The summed E-state index contributed by atoms with van der Waals surface area (Å²) in [5, 5.41) is 4.78. The second kappa shape index (κ2) is 6.48. The number of hydrogen-bond donors (Lipinski definition) is 1. The molecule has 4 aromatic rings. The molecular formula is C22H19N3O. The van der Waals surface area contributed by atoms with Crippen molar-refractivity contribution in [1.82, 2.24) is 14.8 Å². The molecule has 1 N–H and O–H groups in total. The minimum atomic E-state index is -0.126. The quantitative estimate of drug-likeness (QED) is 0.596. The summed E-state index contributed by atoms with van der Waals surface area (Å²) in [6.45, 7) is 3.93. The van der Waals surface area contributed by atoms with Crippen molar-refractivity contribution in [1.29, 1.82) is 0 Å². The van der Waals surface area contributed by atoms with E-state index < -0.39 is 0 Å². The van der Waals surface area contributed by atoms with Gasteiger partial charge >= 0.3 is 0 Å². The first-order chi connectivity index (χ1) is 12.6. The monoisotopic (exact) mass is 341 g/mol. The summed E-state index contributed by atoms with van der Waals surface area (Å²) in [5.41, 5.74) is 6.07. The lowest BCUT2D eigenvalue weighted by atomic mass is 10.1. The average molecular weight is 341 g/mol. The molecule has 0 amide bonds. The number of nitrogens with zero attached hydrogens (tertiary/aromatic N) is 2. The SMILES string of the molecule is Cc1ccc(-c2cc(-c3ccccc3)n(-c3ccccc3C)n2)c(=O)[nH]1. The number of benzene rings is 2. The van der Waals surface area contributed by atoms with Gasteiger partial charge in [0.1, 0.15) is 0 Å². The van der Waals surface area contributed by atoms with Crippen LogP contribution in [-0.4, -0.2) is 14.8 Å². The Morgan fingerprint density at radius 2 is 1.62 bits per heavy atom. The summed E-state index contributed by atoms with van der Waals surface area (Å²) in [6, 6.07) is 23.9. The predicted octanol–water partition coefficient (Wildman–Crippen LogP) is 4.51. The molecule has 0 bridgehead atoms. The number of rotatable bonds is 3. The van der Waals surface area contributed by atoms with Crippen molar-refractivity contribution in [3.8, 4) is 28.2 Å². The summed E-state index contributed by atoms with van der Waals surface area (Å²) >= 11 is 0. The minimum absolute atomic E-state index is 0.126. The number of aromatic amines is 1. The Kier molecular flexibility index (Phi) is 4.01. The second-order valence-electron chi connectivity index (χ2n) is 6.36. The normalized spacial score (nSPS) is 10.8. The first-order valence-corrected chi connectivity index (χ1v) is 8.55. The van der Waals surface area contributed by atoms with E-state index in [2.05, 4.69) is 30.1 Å². The van der Waals surface area contributed by atoms with Gasteiger partial charge in [-0.3, -0.25) is 4.79 Å². The number of aromatic nitrogens is 3. The molecule has 2 aromatic carbocycles. The van der Waals surface area contributed by atoms with Gasteiger partial charge in [-0.05, 0) is 43.7 Å². The van der Waals surface area contributed by atoms with E-state index in [1.807, 2.05) is 66.2 Å². The molecule has 0 fully saturated rings. The zero-order valence-electron chi connectivity index (χ0n) is 14.7. The number of para-hydroxylation sites is 1. The van der Waals surface area contributed by atoms with Crippen LogP contribution in [0.5, 0.6) is 0 Å². The Balaban J connectivity index is 1.97. The summed E-state index contributed by atoms with van der Waals surface area (Å²) in [6.07, 6.45) is 0. The van der Waals surface area contributed by atoms with Crippen molar-refractivity contribution < 1.29 is 0 Å². The van der Waals surface area contributed by atoms with E-state index in [0.717, 1.165) is 28.2 Å². The molecule has 0 aliphatic rings. The fourth-order valence-electron chi connectivity index (χ4n) is 3.09. The van der Waals surface area contributed by atoms with Crippen molar-refractivity contribution in [2.24, 2.45) is 0 Å². The molecule has 128 valence electrons. The Morgan fingerprint density at radius 1 is 0.885 bits per heavy atom. The van der Waals surface area contributed by atoms with Crippen LogP contribution >= 0.6 is 0 Å². The first kappa shape index (κ1) is 16.1. The molecule has 4 heteroatoms. The highest BCUT2D eigenvalue weighted by Crippen LogP contribution is 2.28. The summed E-state index contributed by atoms with van der Waals surface area (Å²) < 4.78 is 1.92. The number of aryl methyl sites for hydroxylation is 2. The van der Waals surface area contributed by atoms with Gasteiger partial charge < -0.3 is 4.98 Å². The summed E-state index contributed by atoms with van der Waals surface area (Å²) in [7, 11) is 0. The fraction of sp³-hybridized carbons (Fsp3) is 0.0909. The highest BCUT2D eigenvalue weighted by molar-refractivity contribution is 5.70. The van der Waals surface area contributed by atoms with Crippen LogP contribution in [-0.2, 0) is 0 Å². The molecule has 0 radical (unpaired) electrons. The number of H-pyrrole nitrogens is 1. The molecule has 0 saturated carbocycles. The molecule has 2 aromatic heterocycles. The van der Waals surface area contributed by atoms with Gasteiger partial charge in [0.25, 0.3) is 5.56 Å². The zero-order valence-corrected chi connectivity index (χ0v) is 14.7. The first-order valence-electron chi connectivity index (χ1n) is 8.55. The molecule has 4 nitrogen and oxygen atoms in total. The number of nitrogens with one attached hydrogen (secondary N) is 1. The molecule has 0 atom stereocenters. The number of pyridine rings is 1. The van der Waals surface area contributed by atoms with Crippen molar-refractivity contribution in [2.45, 2.75) is 13.8 Å². The van der Waals surface area contributed by atoms with Crippen LogP contribution in [0.1, 0.15) is 11.3 Å². The van der Waals surface area contributed by atoms with Crippen LogP contribution in [0.15, 0.2) is 77.6 Å². The van der Waals surface area contributed by atoms with Crippen molar-refractivity contribution >= 4 is 0 Å². The zero-order chi connectivity index (χ0) is 18.1. The van der Waals surface area contributed by atoms with E-state index in [1.165, 1.54) is 0 Å². The third kappa shape index (κ3) is 2.86. The van der Waals surface area contributed by atoms with Crippen molar-refractivity contribution in [3.05, 3.63) is 94.4 Å². The van der Waals surface area contributed by atoms with E-state index in [4.69, 9.17) is 5.10 Å². The lowest BCUT2D eigenvalue weighted by molar-refractivity contribution is 0.882. The van der Waals surface area contributed by atoms with Gasteiger partial charge in [-0.1, -0.05) is 48.5 Å². The van der Waals surface area contributed by atoms with Crippen LogP contribution in [0, 0.1) is 13.8 Å². The average Bonchev–Trinajstić information content (AvgIpc) is 3.07. The third-order valence-electron chi connectivity index (χ3n) is 4.45. The fourth-order valence-corrected chi connectivity index (χ4v) is 3.09. The lowest BCUT2D eigenvalue weighted by Gasteiger charge is -2.10. The standard InChI is InChI=1S/C22H19N3O/c1-15-8-6-7-11-20(15)25-21(17-9-4-3-5-10-17)14-19(24-25)18-13-12-16(2)23-22(18)26/h3-14H,1-2H3,(H,23,26). The van der Waals surface area contributed by atoms with Gasteiger partial charge in [0.05, 0.1) is 22.6 Å².